The molecular formula is C15H14ClN3O2. The molecule has 0 aliphatic carbocycles. The fraction of sp³-hybridized carbons (Fsp3) is 0.133. The lowest BCUT2D eigenvalue weighted by atomic mass is 10.2. The number of halogens is 1. The molecule has 1 heterocycles. The number of rotatable bonds is 3. The van der Waals surface area contributed by atoms with Gasteiger partial charge in [0.1, 0.15) is 5.15 Å². The molecule has 0 atom stereocenters. The van der Waals surface area contributed by atoms with Gasteiger partial charge >= 0.3 is 0 Å². The molecular weight excluding hydrogens is 290 g/mol. The summed E-state index contributed by atoms with van der Waals surface area (Å²) >= 11 is 5.84. The van der Waals surface area contributed by atoms with Crippen LogP contribution in [0, 0.1) is 6.92 Å². The highest BCUT2D eigenvalue weighted by Crippen LogP contribution is 2.17. The zero-order valence-electron chi connectivity index (χ0n) is 11.6. The quantitative estimate of drug-likeness (QED) is 0.855. The van der Waals surface area contributed by atoms with Gasteiger partial charge < -0.3 is 10.6 Å². The van der Waals surface area contributed by atoms with E-state index in [9.17, 15) is 9.59 Å². The van der Waals surface area contributed by atoms with Gasteiger partial charge in [0.05, 0.1) is 0 Å². The van der Waals surface area contributed by atoms with Gasteiger partial charge in [-0.05, 0) is 37.3 Å². The molecule has 1 aromatic heterocycles. The van der Waals surface area contributed by atoms with E-state index in [1.165, 1.54) is 13.0 Å². The van der Waals surface area contributed by atoms with Crippen molar-refractivity contribution in [2.45, 2.75) is 13.8 Å². The van der Waals surface area contributed by atoms with Crippen LogP contribution in [0.1, 0.15) is 23.0 Å². The average molecular weight is 304 g/mol. The number of hydrogen-bond donors (Lipinski definition) is 2. The molecule has 2 aromatic rings. The van der Waals surface area contributed by atoms with E-state index in [4.69, 9.17) is 11.6 Å². The molecule has 0 aliphatic rings. The number of carbonyl (C=O) groups is 2. The van der Waals surface area contributed by atoms with Crippen molar-refractivity contribution < 1.29 is 9.59 Å². The summed E-state index contributed by atoms with van der Waals surface area (Å²) in [5.41, 5.74) is 2.29. The van der Waals surface area contributed by atoms with Crippen molar-refractivity contribution in [1.82, 2.24) is 4.98 Å². The molecule has 0 saturated heterocycles. The third kappa shape index (κ3) is 4.29. The summed E-state index contributed by atoms with van der Waals surface area (Å²) in [5.74, 6) is -0.461. The van der Waals surface area contributed by atoms with Crippen molar-refractivity contribution in [3.63, 3.8) is 0 Å². The van der Waals surface area contributed by atoms with Crippen LogP contribution in [0.15, 0.2) is 36.4 Å². The van der Waals surface area contributed by atoms with Crippen molar-refractivity contribution in [3.8, 4) is 0 Å². The van der Waals surface area contributed by atoms with Crippen LogP contribution >= 0.6 is 11.6 Å². The maximum atomic E-state index is 12.2. The third-order valence-electron chi connectivity index (χ3n) is 2.63. The first kappa shape index (κ1) is 15.0. The number of carbonyl (C=O) groups excluding carboxylic acids is 2. The lowest BCUT2D eigenvalue weighted by Crippen LogP contribution is -2.13. The number of aryl methyl sites for hydroxylation is 1. The zero-order chi connectivity index (χ0) is 15.4. The van der Waals surface area contributed by atoms with Gasteiger partial charge in [0.2, 0.25) is 5.91 Å². The normalized spacial score (nSPS) is 10.0. The van der Waals surface area contributed by atoms with Gasteiger partial charge in [0.25, 0.3) is 5.91 Å². The Hall–Kier alpha value is -2.40. The van der Waals surface area contributed by atoms with E-state index in [-0.39, 0.29) is 17.0 Å². The fourth-order valence-electron chi connectivity index (χ4n) is 1.84. The Bertz CT molecular complexity index is 681. The number of nitrogens with zero attached hydrogens (tertiary/aromatic N) is 1. The van der Waals surface area contributed by atoms with Gasteiger partial charge in [-0.3, -0.25) is 9.59 Å². The molecule has 5 nitrogen and oxygen atoms in total. The van der Waals surface area contributed by atoms with Crippen molar-refractivity contribution in [1.29, 1.82) is 0 Å². The summed E-state index contributed by atoms with van der Waals surface area (Å²) in [7, 11) is 0. The van der Waals surface area contributed by atoms with E-state index in [2.05, 4.69) is 15.6 Å². The Morgan fingerprint density at radius 2 is 1.76 bits per heavy atom. The first-order valence-corrected chi connectivity index (χ1v) is 6.65. The minimum Gasteiger partial charge on any atom is -0.326 e. The molecule has 2 N–H and O–H groups in total. The SMILES string of the molecule is CC(=O)Nc1cccc(NC(=O)c2cc(C)nc(Cl)c2)c1. The van der Waals surface area contributed by atoms with Gasteiger partial charge in [-0.25, -0.2) is 4.98 Å². The summed E-state index contributed by atoms with van der Waals surface area (Å²) in [6.07, 6.45) is 0. The first-order chi connectivity index (χ1) is 9.94. The van der Waals surface area contributed by atoms with E-state index in [0.29, 0.717) is 22.6 Å². The van der Waals surface area contributed by atoms with Crippen molar-refractivity contribution >= 4 is 34.8 Å². The zero-order valence-corrected chi connectivity index (χ0v) is 12.4. The Labute approximate surface area is 127 Å². The standard InChI is InChI=1S/C15H14ClN3O2/c1-9-6-11(7-14(16)17-9)15(21)19-13-5-3-4-12(8-13)18-10(2)20/h3-8H,1-2H3,(H,18,20)(H,19,21). The Morgan fingerprint density at radius 3 is 2.38 bits per heavy atom. The number of anilines is 2. The summed E-state index contributed by atoms with van der Waals surface area (Å²) in [5, 5.41) is 5.68. The van der Waals surface area contributed by atoms with Crippen LogP contribution in [-0.4, -0.2) is 16.8 Å². The molecule has 0 aliphatic heterocycles. The smallest absolute Gasteiger partial charge is 0.255 e. The van der Waals surface area contributed by atoms with E-state index in [1.54, 1.807) is 37.3 Å². The predicted octanol–water partition coefficient (Wildman–Crippen LogP) is 3.25. The molecule has 2 amide bonds. The van der Waals surface area contributed by atoms with E-state index in [0.717, 1.165) is 0 Å². The molecule has 0 spiro atoms. The molecule has 21 heavy (non-hydrogen) atoms. The van der Waals surface area contributed by atoms with Crippen LogP contribution in [0.2, 0.25) is 5.15 Å². The van der Waals surface area contributed by atoms with Gasteiger partial charge in [0.15, 0.2) is 0 Å². The summed E-state index contributed by atoms with van der Waals surface area (Å²) < 4.78 is 0. The Morgan fingerprint density at radius 1 is 1.10 bits per heavy atom. The third-order valence-corrected chi connectivity index (χ3v) is 2.82. The molecule has 0 unspecified atom stereocenters. The highest BCUT2D eigenvalue weighted by atomic mass is 35.5. The van der Waals surface area contributed by atoms with Crippen molar-refractivity contribution in [2.24, 2.45) is 0 Å². The first-order valence-electron chi connectivity index (χ1n) is 6.27. The van der Waals surface area contributed by atoms with Crippen LogP contribution in [-0.2, 0) is 4.79 Å². The van der Waals surface area contributed by atoms with Gasteiger partial charge in [0, 0.05) is 29.6 Å². The second kappa shape index (κ2) is 6.37. The second-order valence-electron chi connectivity index (χ2n) is 4.54. The largest absolute Gasteiger partial charge is 0.326 e. The van der Waals surface area contributed by atoms with E-state index < -0.39 is 0 Å². The van der Waals surface area contributed by atoms with E-state index >= 15 is 0 Å². The van der Waals surface area contributed by atoms with Crippen LogP contribution in [0.4, 0.5) is 11.4 Å². The molecule has 0 fully saturated rings. The summed E-state index contributed by atoms with van der Waals surface area (Å²) in [6.45, 7) is 3.19. The molecule has 0 bridgehead atoms. The Kier molecular flexibility index (Phi) is 4.55. The monoisotopic (exact) mass is 303 g/mol. The van der Waals surface area contributed by atoms with Crippen LogP contribution in [0.5, 0.6) is 0 Å². The predicted molar refractivity (Wildman–Crippen MR) is 82.7 cm³/mol. The fourth-order valence-corrected chi connectivity index (χ4v) is 2.09. The summed E-state index contributed by atoms with van der Waals surface area (Å²) in [4.78, 5) is 27.2. The molecule has 0 radical (unpaired) electrons. The lowest BCUT2D eigenvalue weighted by Gasteiger charge is -2.08. The second-order valence-corrected chi connectivity index (χ2v) is 4.92. The minimum absolute atomic E-state index is 0.171. The molecule has 2 rings (SSSR count). The van der Waals surface area contributed by atoms with Crippen LogP contribution in [0.3, 0.4) is 0 Å². The number of pyridine rings is 1. The maximum Gasteiger partial charge on any atom is 0.255 e. The summed E-state index contributed by atoms with van der Waals surface area (Å²) in [6, 6.07) is 10.0. The van der Waals surface area contributed by atoms with E-state index in [1.807, 2.05) is 0 Å². The number of benzene rings is 1. The topological polar surface area (TPSA) is 71.1 Å². The number of hydrogen-bond acceptors (Lipinski definition) is 3. The molecule has 1 aromatic carbocycles. The number of amides is 2. The van der Waals surface area contributed by atoms with Crippen molar-refractivity contribution in [2.75, 3.05) is 10.6 Å². The van der Waals surface area contributed by atoms with Gasteiger partial charge in [-0.2, -0.15) is 0 Å². The highest BCUT2D eigenvalue weighted by Gasteiger charge is 2.09. The van der Waals surface area contributed by atoms with Crippen LogP contribution in [0.25, 0.3) is 0 Å². The molecule has 6 heteroatoms. The highest BCUT2D eigenvalue weighted by molar-refractivity contribution is 6.29. The number of nitrogens with one attached hydrogen (secondary N) is 2. The maximum absolute atomic E-state index is 12.2. The van der Waals surface area contributed by atoms with Gasteiger partial charge in [-0.15, -0.1) is 0 Å². The number of aromatic nitrogens is 1. The molecule has 0 saturated carbocycles. The average Bonchev–Trinajstić information content (AvgIpc) is 2.37. The van der Waals surface area contributed by atoms with Gasteiger partial charge in [-0.1, -0.05) is 17.7 Å². The van der Waals surface area contributed by atoms with Crippen LogP contribution < -0.4 is 10.6 Å². The van der Waals surface area contributed by atoms with Crippen molar-refractivity contribution in [3.05, 3.63) is 52.8 Å². The minimum atomic E-state index is -0.289. The molecule has 108 valence electrons. The lowest BCUT2D eigenvalue weighted by molar-refractivity contribution is -0.114. The Balaban J connectivity index is 2.17.